The lowest BCUT2D eigenvalue weighted by molar-refractivity contribution is -0.123. The van der Waals surface area contributed by atoms with E-state index < -0.39 is 0 Å². The summed E-state index contributed by atoms with van der Waals surface area (Å²) in [4.78, 5) is 14.4. The van der Waals surface area contributed by atoms with E-state index in [0.717, 1.165) is 49.5 Å². The summed E-state index contributed by atoms with van der Waals surface area (Å²) in [5.74, 6) is 0.914. The highest BCUT2D eigenvalue weighted by molar-refractivity contribution is 5.87. The second-order valence-corrected chi connectivity index (χ2v) is 6.63. The average Bonchev–Trinajstić information content (AvgIpc) is 2.59. The number of likely N-dealkylation sites (tertiary alicyclic amines) is 1. The summed E-state index contributed by atoms with van der Waals surface area (Å²) in [7, 11) is 0. The summed E-state index contributed by atoms with van der Waals surface area (Å²) in [6.07, 6.45) is 1.84. The molecule has 132 valence electrons. The van der Waals surface area contributed by atoms with Crippen LogP contribution in [0, 0.1) is 6.92 Å². The number of amides is 1. The number of carbonyl (C=O) groups excluding carboxylic acids is 1. The second-order valence-electron chi connectivity index (χ2n) is 6.63. The normalized spacial score (nSPS) is 15.5. The molecule has 1 aliphatic rings. The van der Waals surface area contributed by atoms with E-state index in [-0.39, 0.29) is 12.5 Å². The van der Waals surface area contributed by atoms with E-state index >= 15 is 0 Å². The van der Waals surface area contributed by atoms with Crippen LogP contribution < -0.4 is 10.2 Å². The van der Waals surface area contributed by atoms with Gasteiger partial charge in [0, 0.05) is 31.6 Å². The summed E-state index contributed by atoms with van der Waals surface area (Å²) in [6.45, 7) is 11.6. The summed E-state index contributed by atoms with van der Waals surface area (Å²) in [5.41, 5.74) is 6.00. The summed E-state index contributed by atoms with van der Waals surface area (Å²) < 4.78 is 5.70. The average molecular weight is 331 g/mol. The Hall–Kier alpha value is -1.88. The Morgan fingerprint density at radius 3 is 2.67 bits per heavy atom. The van der Waals surface area contributed by atoms with Crippen LogP contribution >= 0.6 is 0 Å². The zero-order valence-corrected chi connectivity index (χ0v) is 15.3. The fourth-order valence-corrected chi connectivity index (χ4v) is 2.81. The Bertz CT molecular complexity index is 586. The predicted molar refractivity (Wildman–Crippen MR) is 97.7 cm³/mol. The molecule has 24 heavy (non-hydrogen) atoms. The Morgan fingerprint density at radius 2 is 2.04 bits per heavy atom. The molecule has 2 rings (SSSR count). The van der Waals surface area contributed by atoms with Gasteiger partial charge in [0.2, 0.25) is 0 Å². The fourth-order valence-electron chi connectivity index (χ4n) is 2.81. The molecule has 1 aromatic carbocycles. The molecule has 0 saturated carbocycles. The molecule has 0 spiro atoms. The maximum absolute atomic E-state index is 12.0. The molecular weight excluding hydrogens is 302 g/mol. The fraction of sp³-hybridized carbons (Fsp3) is 0.579. The van der Waals surface area contributed by atoms with Crippen LogP contribution in [0.5, 0.6) is 5.75 Å². The summed E-state index contributed by atoms with van der Waals surface area (Å²) >= 11 is 0. The molecule has 0 aromatic heterocycles. The number of hydrazone groups is 1. The molecule has 5 heteroatoms. The largest absolute Gasteiger partial charge is 0.483 e. The van der Waals surface area contributed by atoms with Gasteiger partial charge in [-0.15, -0.1) is 0 Å². The molecule has 0 aliphatic carbocycles. The SMILES string of the molecule is CCN1CCC(=NNC(=O)COc2ccc(C)cc2C(C)C)CC1. The minimum Gasteiger partial charge on any atom is -0.483 e. The van der Waals surface area contributed by atoms with E-state index in [0.29, 0.717) is 5.92 Å². The van der Waals surface area contributed by atoms with Gasteiger partial charge in [-0.25, -0.2) is 5.43 Å². The Labute approximate surface area is 145 Å². The van der Waals surface area contributed by atoms with Crippen molar-refractivity contribution in [2.75, 3.05) is 26.2 Å². The second kappa shape index (κ2) is 8.83. The lowest BCUT2D eigenvalue weighted by Gasteiger charge is -2.25. The van der Waals surface area contributed by atoms with Gasteiger partial charge >= 0.3 is 0 Å². The first-order valence-corrected chi connectivity index (χ1v) is 8.79. The number of nitrogens with one attached hydrogen (secondary N) is 1. The van der Waals surface area contributed by atoms with Crippen molar-refractivity contribution < 1.29 is 9.53 Å². The number of rotatable bonds is 6. The van der Waals surface area contributed by atoms with Crippen molar-refractivity contribution in [1.82, 2.24) is 10.3 Å². The predicted octanol–water partition coefficient (Wildman–Crippen LogP) is 3.09. The van der Waals surface area contributed by atoms with E-state index in [4.69, 9.17) is 4.74 Å². The molecule has 1 amide bonds. The van der Waals surface area contributed by atoms with Crippen LogP contribution in [0.25, 0.3) is 0 Å². The summed E-state index contributed by atoms with van der Waals surface area (Å²) in [5, 5.41) is 4.25. The van der Waals surface area contributed by atoms with E-state index in [2.05, 4.69) is 49.2 Å². The third-order valence-electron chi connectivity index (χ3n) is 4.37. The van der Waals surface area contributed by atoms with Gasteiger partial charge < -0.3 is 9.64 Å². The minimum atomic E-state index is -0.212. The molecule has 0 atom stereocenters. The molecule has 0 unspecified atom stereocenters. The number of benzene rings is 1. The van der Waals surface area contributed by atoms with Crippen LogP contribution in [0.4, 0.5) is 0 Å². The van der Waals surface area contributed by atoms with Crippen molar-refractivity contribution >= 4 is 11.6 Å². The number of piperidine rings is 1. The molecule has 1 N–H and O–H groups in total. The maximum Gasteiger partial charge on any atom is 0.277 e. The smallest absolute Gasteiger partial charge is 0.277 e. The highest BCUT2D eigenvalue weighted by Crippen LogP contribution is 2.27. The number of ether oxygens (including phenoxy) is 1. The van der Waals surface area contributed by atoms with Crippen molar-refractivity contribution in [3.63, 3.8) is 0 Å². The van der Waals surface area contributed by atoms with Gasteiger partial charge in [0.15, 0.2) is 6.61 Å². The van der Waals surface area contributed by atoms with Gasteiger partial charge in [0.05, 0.1) is 0 Å². The first-order valence-electron chi connectivity index (χ1n) is 8.79. The Balaban J connectivity index is 1.84. The highest BCUT2D eigenvalue weighted by Gasteiger charge is 2.14. The molecule has 1 aliphatic heterocycles. The van der Waals surface area contributed by atoms with Gasteiger partial charge in [-0.05, 0) is 31.0 Å². The van der Waals surface area contributed by atoms with Gasteiger partial charge in [-0.3, -0.25) is 4.79 Å². The van der Waals surface area contributed by atoms with E-state index in [1.807, 2.05) is 12.1 Å². The molecule has 5 nitrogen and oxygen atoms in total. The van der Waals surface area contributed by atoms with Crippen LogP contribution in [0.15, 0.2) is 23.3 Å². The van der Waals surface area contributed by atoms with Crippen LogP contribution in [-0.4, -0.2) is 42.8 Å². The third-order valence-corrected chi connectivity index (χ3v) is 4.37. The number of aryl methyl sites for hydroxylation is 1. The van der Waals surface area contributed by atoms with Crippen molar-refractivity contribution in [2.45, 2.75) is 46.5 Å². The first-order chi connectivity index (χ1) is 11.5. The molecule has 1 heterocycles. The minimum absolute atomic E-state index is 0.0132. The van der Waals surface area contributed by atoms with Gasteiger partial charge in [0.1, 0.15) is 5.75 Å². The van der Waals surface area contributed by atoms with Crippen LogP contribution in [-0.2, 0) is 4.79 Å². The third kappa shape index (κ3) is 5.34. The zero-order chi connectivity index (χ0) is 17.5. The van der Waals surface area contributed by atoms with Gasteiger partial charge in [-0.1, -0.05) is 38.5 Å². The van der Waals surface area contributed by atoms with Crippen molar-refractivity contribution in [3.8, 4) is 5.75 Å². The van der Waals surface area contributed by atoms with Gasteiger partial charge in [-0.2, -0.15) is 5.10 Å². The lowest BCUT2D eigenvalue weighted by Crippen LogP contribution is -2.35. The standard InChI is InChI=1S/C19H29N3O2/c1-5-22-10-8-16(9-11-22)20-21-19(23)13-24-18-7-6-15(4)12-17(18)14(2)3/h6-7,12,14H,5,8-11,13H2,1-4H3,(H,21,23). The quantitative estimate of drug-likeness (QED) is 0.815. The molecule has 1 fully saturated rings. The number of nitrogens with zero attached hydrogens (tertiary/aromatic N) is 2. The molecule has 1 aromatic rings. The van der Waals surface area contributed by atoms with Crippen molar-refractivity contribution in [1.29, 1.82) is 0 Å². The molecule has 0 bridgehead atoms. The van der Waals surface area contributed by atoms with Crippen molar-refractivity contribution in [3.05, 3.63) is 29.3 Å². The van der Waals surface area contributed by atoms with E-state index in [1.54, 1.807) is 0 Å². The molecule has 0 radical (unpaired) electrons. The van der Waals surface area contributed by atoms with Crippen LogP contribution in [0.2, 0.25) is 0 Å². The van der Waals surface area contributed by atoms with Gasteiger partial charge in [0.25, 0.3) is 5.91 Å². The monoisotopic (exact) mass is 331 g/mol. The number of hydrogen-bond donors (Lipinski definition) is 1. The topological polar surface area (TPSA) is 53.9 Å². The molecular formula is C19H29N3O2. The Kier molecular flexibility index (Phi) is 6.79. The Morgan fingerprint density at radius 1 is 1.33 bits per heavy atom. The lowest BCUT2D eigenvalue weighted by atomic mass is 10.00. The molecule has 1 saturated heterocycles. The van der Waals surface area contributed by atoms with E-state index in [9.17, 15) is 4.79 Å². The highest BCUT2D eigenvalue weighted by atomic mass is 16.5. The van der Waals surface area contributed by atoms with Crippen LogP contribution in [0.1, 0.15) is 50.7 Å². The number of hydrogen-bond acceptors (Lipinski definition) is 4. The van der Waals surface area contributed by atoms with E-state index in [1.165, 1.54) is 5.56 Å². The zero-order valence-electron chi connectivity index (χ0n) is 15.3. The maximum atomic E-state index is 12.0. The van der Waals surface area contributed by atoms with Crippen LogP contribution in [0.3, 0.4) is 0 Å². The number of carbonyl (C=O) groups is 1. The first kappa shape index (κ1) is 18.5. The summed E-state index contributed by atoms with van der Waals surface area (Å²) in [6, 6.07) is 6.05. The van der Waals surface area contributed by atoms with Crippen molar-refractivity contribution in [2.24, 2.45) is 5.10 Å².